The Balaban J connectivity index is 1.83. The quantitative estimate of drug-likeness (QED) is 0.286. The first-order valence-corrected chi connectivity index (χ1v) is 12.8. The molecule has 0 saturated heterocycles. The van der Waals surface area contributed by atoms with E-state index in [1.165, 1.54) is 18.4 Å². The molecule has 3 N–H and O–H groups in total. The van der Waals surface area contributed by atoms with Crippen LogP contribution < -0.4 is 16.0 Å². The maximum Gasteiger partial charge on any atom is 0.336 e. The highest BCUT2D eigenvalue weighted by Crippen LogP contribution is 2.41. The molecule has 3 rings (SSSR count). The number of carbonyl (C=O) groups excluding carboxylic acids is 3. The van der Waals surface area contributed by atoms with Crippen LogP contribution in [0.4, 0.5) is 5.13 Å². The van der Waals surface area contributed by atoms with E-state index < -0.39 is 17.9 Å². The highest BCUT2D eigenvalue weighted by atomic mass is 35.5. The molecule has 12 heteroatoms. The van der Waals surface area contributed by atoms with Crippen LogP contribution in [0.3, 0.4) is 0 Å². The molecule has 1 aromatic carbocycles. The van der Waals surface area contributed by atoms with Crippen LogP contribution in [0.1, 0.15) is 35.8 Å². The molecule has 198 valence electrons. The Labute approximate surface area is 224 Å². The van der Waals surface area contributed by atoms with Crippen molar-refractivity contribution in [3.8, 4) is 0 Å². The minimum absolute atomic E-state index is 0.0456. The molecule has 2 aromatic rings. The molecule has 0 radical (unpaired) electrons. The fraction of sp³-hybridized carbons (Fsp3) is 0.360. The Hall–Kier alpha value is -3.41. The number of thiazole rings is 1. The Bertz CT molecular complexity index is 1230. The first kappa shape index (κ1) is 28.2. The van der Waals surface area contributed by atoms with Gasteiger partial charge in [-0.3, -0.25) is 4.79 Å². The number of aromatic nitrogens is 1. The summed E-state index contributed by atoms with van der Waals surface area (Å²) < 4.78 is 16.2. The van der Waals surface area contributed by atoms with Gasteiger partial charge >= 0.3 is 11.9 Å². The van der Waals surface area contributed by atoms with Crippen molar-refractivity contribution in [3.05, 3.63) is 68.5 Å². The number of methoxy groups -OCH3 is 1. The third-order valence-electron chi connectivity index (χ3n) is 5.49. The van der Waals surface area contributed by atoms with Crippen LogP contribution in [0, 0.1) is 0 Å². The third kappa shape index (κ3) is 6.68. The van der Waals surface area contributed by atoms with Crippen LogP contribution in [-0.2, 0) is 23.8 Å². The van der Waals surface area contributed by atoms with Crippen molar-refractivity contribution >= 4 is 45.9 Å². The summed E-state index contributed by atoms with van der Waals surface area (Å²) in [6.45, 7) is 4.32. The van der Waals surface area contributed by atoms with Crippen molar-refractivity contribution < 1.29 is 28.6 Å². The molecule has 0 spiro atoms. The number of allylic oxidation sites excluding steroid dienone is 1. The Morgan fingerprint density at radius 3 is 2.62 bits per heavy atom. The zero-order chi connectivity index (χ0) is 26.9. The van der Waals surface area contributed by atoms with E-state index in [1.807, 2.05) is 0 Å². The van der Waals surface area contributed by atoms with Gasteiger partial charge in [0.1, 0.15) is 5.69 Å². The van der Waals surface area contributed by atoms with Crippen LogP contribution in [-0.4, -0.2) is 63.4 Å². The monoisotopic (exact) mass is 548 g/mol. The molecule has 0 saturated carbocycles. The van der Waals surface area contributed by atoms with E-state index in [9.17, 15) is 14.4 Å². The number of hydrogen-bond acceptors (Lipinski definition) is 10. The number of esters is 2. The molecule has 37 heavy (non-hydrogen) atoms. The van der Waals surface area contributed by atoms with E-state index in [0.717, 1.165) is 0 Å². The SMILES string of the molecule is CCOC(=O)C1=C(COCCNc2nc(C(=O)NC)cs2)NC(C)=C(C(=O)OC)C1c1ccccc1Cl. The normalized spacial score (nSPS) is 15.2. The van der Waals surface area contributed by atoms with Gasteiger partial charge in [-0.05, 0) is 25.5 Å². The molecule has 0 bridgehead atoms. The number of halogens is 1. The van der Waals surface area contributed by atoms with Gasteiger partial charge < -0.3 is 30.2 Å². The molecule has 1 atom stereocenters. The standard InChI is InChI=1S/C25H29ClN4O6S/c1-5-36-24(33)21-17(12-35-11-10-28-25-30-18(13-37-25)22(31)27-3)29-14(2)19(23(32)34-4)20(21)15-8-6-7-9-16(15)26/h6-9,13,20,29H,5,10-12H2,1-4H3,(H,27,31)(H,28,30). The smallest absolute Gasteiger partial charge is 0.336 e. The van der Waals surface area contributed by atoms with Crippen molar-refractivity contribution in [3.63, 3.8) is 0 Å². The number of carbonyl (C=O) groups is 3. The number of benzene rings is 1. The van der Waals surface area contributed by atoms with Gasteiger partial charge in [-0.15, -0.1) is 11.3 Å². The second-order valence-corrected chi connectivity index (χ2v) is 9.08. The Morgan fingerprint density at radius 2 is 1.95 bits per heavy atom. The van der Waals surface area contributed by atoms with Crippen molar-refractivity contribution in [2.75, 3.05) is 45.8 Å². The van der Waals surface area contributed by atoms with Crippen molar-refractivity contribution in [2.24, 2.45) is 0 Å². The summed E-state index contributed by atoms with van der Waals surface area (Å²) in [5.74, 6) is -2.24. The van der Waals surface area contributed by atoms with Gasteiger partial charge in [0.2, 0.25) is 0 Å². The second kappa shape index (κ2) is 13.2. The van der Waals surface area contributed by atoms with E-state index in [2.05, 4.69) is 20.9 Å². The van der Waals surface area contributed by atoms with Crippen LogP contribution >= 0.6 is 22.9 Å². The summed E-state index contributed by atoms with van der Waals surface area (Å²) in [6.07, 6.45) is 0. The Morgan fingerprint density at radius 1 is 1.19 bits per heavy atom. The number of nitrogens with zero attached hydrogens (tertiary/aromatic N) is 1. The number of ether oxygens (including phenoxy) is 3. The largest absolute Gasteiger partial charge is 0.466 e. The summed E-state index contributed by atoms with van der Waals surface area (Å²) in [6, 6.07) is 7.01. The third-order valence-corrected chi connectivity index (χ3v) is 6.64. The van der Waals surface area contributed by atoms with Crippen LogP contribution in [0.15, 0.2) is 52.2 Å². The predicted octanol–water partition coefficient (Wildman–Crippen LogP) is 3.24. The molecule has 0 fully saturated rings. The number of nitrogens with one attached hydrogen (secondary N) is 3. The van der Waals surface area contributed by atoms with Crippen LogP contribution in [0.2, 0.25) is 5.02 Å². The van der Waals surface area contributed by atoms with Gasteiger partial charge in [0.05, 0.1) is 49.7 Å². The fourth-order valence-corrected chi connectivity index (χ4v) is 4.82. The van der Waals surface area contributed by atoms with Gasteiger partial charge in [0, 0.05) is 29.7 Å². The predicted molar refractivity (Wildman–Crippen MR) is 141 cm³/mol. The van der Waals surface area contributed by atoms with Crippen molar-refractivity contribution in [1.82, 2.24) is 15.6 Å². The lowest BCUT2D eigenvalue weighted by atomic mass is 9.80. The molecule has 2 heterocycles. The zero-order valence-corrected chi connectivity index (χ0v) is 22.5. The number of rotatable bonds is 11. The molecule has 1 amide bonds. The van der Waals surface area contributed by atoms with Gasteiger partial charge in [-0.2, -0.15) is 0 Å². The molecule has 1 aromatic heterocycles. The van der Waals surface area contributed by atoms with E-state index in [-0.39, 0.29) is 36.9 Å². The topological polar surface area (TPSA) is 128 Å². The number of amides is 1. The maximum absolute atomic E-state index is 13.2. The highest BCUT2D eigenvalue weighted by molar-refractivity contribution is 7.13. The van der Waals surface area contributed by atoms with Crippen molar-refractivity contribution in [1.29, 1.82) is 0 Å². The Kier molecular flexibility index (Phi) is 10.1. The van der Waals surface area contributed by atoms with Gasteiger partial charge in [-0.1, -0.05) is 29.8 Å². The molecule has 1 aliphatic rings. The summed E-state index contributed by atoms with van der Waals surface area (Å²) in [5, 5.41) is 11.4. The van der Waals surface area contributed by atoms with E-state index >= 15 is 0 Å². The fourth-order valence-electron chi connectivity index (χ4n) is 3.85. The lowest BCUT2D eigenvalue weighted by Gasteiger charge is -2.31. The lowest BCUT2D eigenvalue weighted by molar-refractivity contribution is -0.139. The van der Waals surface area contributed by atoms with E-state index in [0.29, 0.717) is 39.4 Å². The average Bonchev–Trinajstić information content (AvgIpc) is 3.36. The molecule has 1 aliphatic heterocycles. The molecule has 0 aliphatic carbocycles. The summed E-state index contributed by atoms with van der Waals surface area (Å²) in [5.41, 5.74) is 2.38. The average molecular weight is 549 g/mol. The van der Waals surface area contributed by atoms with Gasteiger partial charge in [0.15, 0.2) is 5.13 Å². The molecule has 1 unspecified atom stereocenters. The lowest BCUT2D eigenvalue weighted by Crippen LogP contribution is -2.35. The van der Waals surface area contributed by atoms with E-state index in [1.54, 1.807) is 50.5 Å². The maximum atomic E-state index is 13.2. The zero-order valence-electron chi connectivity index (χ0n) is 21.0. The first-order chi connectivity index (χ1) is 17.8. The summed E-state index contributed by atoms with van der Waals surface area (Å²) >= 11 is 7.82. The van der Waals surface area contributed by atoms with E-state index in [4.69, 9.17) is 25.8 Å². The first-order valence-electron chi connectivity index (χ1n) is 11.5. The van der Waals surface area contributed by atoms with Gasteiger partial charge in [0.25, 0.3) is 5.91 Å². The minimum atomic E-state index is -0.809. The molecular weight excluding hydrogens is 520 g/mol. The second-order valence-electron chi connectivity index (χ2n) is 7.82. The minimum Gasteiger partial charge on any atom is -0.466 e. The number of anilines is 1. The summed E-state index contributed by atoms with van der Waals surface area (Å²) in [4.78, 5) is 41.8. The van der Waals surface area contributed by atoms with Gasteiger partial charge in [-0.25, -0.2) is 14.6 Å². The van der Waals surface area contributed by atoms with Crippen LogP contribution in [0.5, 0.6) is 0 Å². The highest BCUT2D eigenvalue weighted by Gasteiger charge is 2.39. The number of dihydropyridines is 1. The molecular formula is C25H29ClN4O6S. The molecule has 10 nitrogen and oxygen atoms in total. The van der Waals surface area contributed by atoms with Crippen molar-refractivity contribution in [2.45, 2.75) is 19.8 Å². The summed E-state index contributed by atoms with van der Waals surface area (Å²) in [7, 11) is 2.83. The van der Waals surface area contributed by atoms with Crippen LogP contribution in [0.25, 0.3) is 0 Å². The number of hydrogen-bond donors (Lipinski definition) is 3.